The lowest BCUT2D eigenvalue weighted by molar-refractivity contribution is -0.384. The third-order valence-electron chi connectivity index (χ3n) is 2.63. The molecule has 1 atom stereocenters. The molecule has 1 fully saturated rings. The van der Waals surface area contributed by atoms with Gasteiger partial charge >= 0.3 is 5.97 Å². The Labute approximate surface area is 122 Å². The fraction of sp³-hybridized carbons (Fsp3) is 0.182. The quantitative estimate of drug-likeness (QED) is 0.511. The molecule has 2 rings (SSSR count). The van der Waals surface area contributed by atoms with Crippen LogP contribution in [-0.4, -0.2) is 37.7 Å². The van der Waals surface area contributed by atoms with Crippen molar-refractivity contribution in [1.29, 1.82) is 0 Å². The van der Waals surface area contributed by atoms with Gasteiger partial charge in [-0.3, -0.25) is 24.6 Å². The number of nitro benzene ring substituents is 1. The zero-order valence-electron chi connectivity index (χ0n) is 9.88. The number of carbonyl (C=O) groups is 2. The van der Waals surface area contributed by atoms with Gasteiger partial charge < -0.3 is 5.11 Å². The summed E-state index contributed by atoms with van der Waals surface area (Å²) >= 11 is 6.04. The first-order valence-corrected chi connectivity index (χ1v) is 6.67. The van der Waals surface area contributed by atoms with Crippen molar-refractivity contribution in [2.75, 3.05) is 6.54 Å². The zero-order valence-corrected chi connectivity index (χ0v) is 11.5. The van der Waals surface area contributed by atoms with Gasteiger partial charge in [-0.2, -0.15) is 0 Å². The summed E-state index contributed by atoms with van der Waals surface area (Å²) in [7, 11) is 0. The number of amides is 1. The predicted octanol–water partition coefficient (Wildman–Crippen LogP) is 1.58. The van der Waals surface area contributed by atoms with E-state index in [2.05, 4.69) is 0 Å². The molecule has 9 heteroatoms. The normalized spacial score (nSPS) is 18.4. The molecule has 20 heavy (non-hydrogen) atoms. The molecule has 0 aliphatic carbocycles. The minimum absolute atomic E-state index is 0.0748. The Hall–Kier alpha value is -2.00. The lowest BCUT2D eigenvalue weighted by Gasteiger charge is -2.12. The predicted molar refractivity (Wildman–Crippen MR) is 75.4 cm³/mol. The van der Waals surface area contributed by atoms with Crippen molar-refractivity contribution >= 4 is 45.9 Å². The minimum atomic E-state index is -1.15. The Morgan fingerprint density at radius 3 is 2.55 bits per heavy atom. The highest BCUT2D eigenvalue weighted by atomic mass is 32.2. The molecule has 1 aliphatic rings. The summed E-state index contributed by atoms with van der Waals surface area (Å²) in [5, 5.41) is 18.6. The van der Waals surface area contributed by atoms with Crippen LogP contribution in [0.3, 0.4) is 0 Å². The number of aliphatic carboxylic acids is 1. The topological polar surface area (TPSA) is 101 Å². The van der Waals surface area contributed by atoms with E-state index in [1.54, 1.807) is 0 Å². The lowest BCUT2D eigenvalue weighted by atomic mass is 10.1. The van der Waals surface area contributed by atoms with Crippen LogP contribution in [-0.2, 0) is 9.59 Å². The standard InChI is InChI=1S/C11H8N2O5S2/c14-8(15)5-12-10(16)9(20-11(12)19)6-1-3-7(4-2-6)13(17)18/h1-4,9H,5H2,(H,14,15). The first-order valence-electron chi connectivity index (χ1n) is 5.38. The first kappa shape index (κ1) is 14.4. The van der Waals surface area contributed by atoms with Gasteiger partial charge in [0.1, 0.15) is 16.1 Å². The molecule has 1 amide bonds. The van der Waals surface area contributed by atoms with Crippen LogP contribution in [0.25, 0.3) is 0 Å². The van der Waals surface area contributed by atoms with E-state index in [-0.39, 0.29) is 10.0 Å². The average Bonchev–Trinajstić information content (AvgIpc) is 2.66. The number of rotatable bonds is 4. The molecule has 1 aliphatic heterocycles. The second-order valence-electron chi connectivity index (χ2n) is 3.93. The summed E-state index contributed by atoms with van der Waals surface area (Å²) < 4.78 is 0.195. The molecule has 1 saturated heterocycles. The van der Waals surface area contributed by atoms with Crippen LogP contribution in [0.5, 0.6) is 0 Å². The molecular weight excluding hydrogens is 304 g/mol. The number of carbonyl (C=O) groups excluding carboxylic acids is 1. The summed E-state index contributed by atoms with van der Waals surface area (Å²) in [6.45, 7) is -0.478. The van der Waals surface area contributed by atoms with Crippen LogP contribution in [0, 0.1) is 10.1 Å². The Balaban J connectivity index is 2.22. The fourth-order valence-corrected chi connectivity index (χ4v) is 3.15. The summed E-state index contributed by atoms with van der Waals surface area (Å²) in [4.78, 5) is 33.8. The molecule has 1 N–H and O–H groups in total. The summed E-state index contributed by atoms with van der Waals surface area (Å²) in [5.41, 5.74) is 0.481. The second kappa shape index (κ2) is 5.55. The van der Waals surface area contributed by atoms with E-state index in [4.69, 9.17) is 17.3 Å². The van der Waals surface area contributed by atoms with E-state index in [0.717, 1.165) is 16.7 Å². The monoisotopic (exact) mass is 312 g/mol. The van der Waals surface area contributed by atoms with Gasteiger partial charge in [-0.15, -0.1) is 0 Å². The summed E-state index contributed by atoms with van der Waals surface area (Å²) in [6, 6.07) is 5.54. The van der Waals surface area contributed by atoms with Crippen LogP contribution in [0.1, 0.15) is 10.8 Å². The number of nitrogens with zero attached hydrogens (tertiary/aromatic N) is 2. The van der Waals surface area contributed by atoms with E-state index < -0.39 is 28.6 Å². The highest BCUT2D eigenvalue weighted by molar-refractivity contribution is 8.24. The number of hydrogen-bond donors (Lipinski definition) is 1. The number of benzene rings is 1. The van der Waals surface area contributed by atoms with E-state index in [9.17, 15) is 19.7 Å². The maximum absolute atomic E-state index is 12.1. The number of thiocarbonyl (C=S) groups is 1. The molecule has 0 aromatic heterocycles. The van der Waals surface area contributed by atoms with Crippen molar-refractivity contribution in [2.45, 2.75) is 5.25 Å². The Morgan fingerprint density at radius 2 is 2.05 bits per heavy atom. The molecule has 1 aromatic carbocycles. The van der Waals surface area contributed by atoms with Crippen molar-refractivity contribution in [3.8, 4) is 0 Å². The van der Waals surface area contributed by atoms with Crippen molar-refractivity contribution < 1.29 is 19.6 Å². The van der Waals surface area contributed by atoms with Gasteiger partial charge in [0, 0.05) is 12.1 Å². The molecule has 0 spiro atoms. The maximum atomic E-state index is 12.1. The van der Waals surface area contributed by atoms with Gasteiger partial charge in [0.15, 0.2) is 0 Å². The number of carboxylic acid groups (broad SMARTS) is 1. The largest absolute Gasteiger partial charge is 0.480 e. The molecule has 0 bridgehead atoms. The van der Waals surface area contributed by atoms with Gasteiger partial charge in [0.05, 0.1) is 4.92 Å². The first-order chi connectivity index (χ1) is 9.40. The molecule has 0 saturated carbocycles. The Bertz CT molecular complexity index is 601. The van der Waals surface area contributed by atoms with Crippen molar-refractivity contribution in [1.82, 2.24) is 4.90 Å². The molecule has 0 radical (unpaired) electrons. The van der Waals surface area contributed by atoms with E-state index >= 15 is 0 Å². The third kappa shape index (κ3) is 2.78. The Morgan fingerprint density at radius 1 is 1.45 bits per heavy atom. The van der Waals surface area contributed by atoms with E-state index in [1.165, 1.54) is 24.3 Å². The van der Waals surface area contributed by atoms with Gasteiger partial charge in [-0.1, -0.05) is 36.1 Å². The highest BCUT2D eigenvalue weighted by Gasteiger charge is 2.38. The number of carboxylic acids is 1. The molecule has 1 aromatic rings. The van der Waals surface area contributed by atoms with Crippen LogP contribution in [0.4, 0.5) is 5.69 Å². The van der Waals surface area contributed by atoms with Gasteiger partial charge in [-0.25, -0.2) is 0 Å². The summed E-state index contributed by atoms with van der Waals surface area (Å²) in [5.74, 6) is -1.57. The molecule has 1 unspecified atom stereocenters. The lowest BCUT2D eigenvalue weighted by Crippen LogP contribution is -2.34. The Kier molecular flexibility index (Phi) is 4.00. The zero-order chi connectivity index (χ0) is 14.9. The number of hydrogen-bond acceptors (Lipinski definition) is 6. The van der Waals surface area contributed by atoms with Gasteiger partial charge in [0.25, 0.3) is 5.69 Å². The second-order valence-corrected chi connectivity index (χ2v) is 5.67. The van der Waals surface area contributed by atoms with Gasteiger partial charge in [0.2, 0.25) is 5.91 Å². The van der Waals surface area contributed by atoms with Gasteiger partial charge in [-0.05, 0) is 5.56 Å². The third-order valence-corrected chi connectivity index (χ3v) is 4.27. The highest BCUT2D eigenvalue weighted by Crippen LogP contribution is 2.39. The minimum Gasteiger partial charge on any atom is -0.480 e. The molecule has 1 heterocycles. The van der Waals surface area contributed by atoms with Crippen molar-refractivity contribution in [2.24, 2.45) is 0 Å². The SMILES string of the molecule is O=C(O)CN1C(=O)C(c2ccc([N+](=O)[O-])cc2)SC1=S. The summed E-state index contributed by atoms with van der Waals surface area (Å²) in [6.07, 6.45) is 0. The van der Waals surface area contributed by atoms with E-state index in [0.29, 0.717) is 5.56 Å². The molecule has 7 nitrogen and oxygen atoms in total. The maximum Gasteiger partial charge on any atom is 0.323 e. The molecule has 104 valence electrons. The molecular formula is C11H8N2O5S2. The number of nitro groups is 1. The smallest absolute Gasteiger partial charge is 0.323 e. The van der Waals surface area contributed by atoms with Crippen molar-refractivity contribution in [3.63, 3.8) is 0 Å². The van der Waals surface area contributed by atoms with Crippen molar-refractivity contribution in [3.05, 3.63) is 39.9 Å². The van der Waals surface area contributed by atoms with Crippen LogP contribution >= 0.6 is 24.0 Å². The van der Waals surface area contributed by atoms with Crippen LogP contribution in [0.2, 0.25) is 0 Å². The fourth-order valence-electron chi connectivity index (χ4n) is 1.71. The number of thioether (sulfide) groups is 1. The van der Waals surface area contributed by atoms with E-state index in [1.807, 2.05) is 0 Å². The average molecular weight is 312 g/mol. The van der Waals surface area contributed by atoms with Crippen LogP contribution < -0.4 is 0 Å². The number of non-ortho nitro benzene ring substituents is 1. The van der Waals surface area contributed by atoms with Crippen LogP contribution in [0.15, 0.2) is 24.3 Å².